The number of carbonyl (C=O) groups excluding carboxylic acids is 1. The van der Waals surface area contributed by atoms with Crippen LogP contribution in [-0.2, 0) is 11.3 Å². The van der Waals surface area contributed by atoms with Gasteiger partial charge in [0.2, 0.25) is 11.7 Å². The number of aromatic nitrogens is 2. The van der Waals surface area contributed by atoms with Gasteiger partial charge in [0.05, 0.1) is 6.54 Å². The molecule has 152 valence electrons. The van der Waals surface area contributed by atoms with Crippen molar-refractivity contribution in [2.45, 2.75) is 39.8 Å². The van der Waals surface area contributed by atoms with Gasteiger partial charge >= 0.3 is 0 Å². The van der Waals surface area contributed by atoms with Crippen molar-refractivity contribution >= 4 is 17.5 Å². The molecule has 0 N–H and O–H groups in total. The standard InChI is InChI=1S/C22H24ClN3O3/c1-5-18(28-19-11-6-14(2)12-15(19)3)22(27)26(4)13-20-24-21(25-29-20)16-7-9-17(23)10-8-16/h6-12,18H,5,13H2,1-4H3/t18-/m1/s1. The summed E-state index contributed by atoms with van der Waals surface area (Å²) in [4.78, 5) is 18.8. The first kappa shape index (κ1) is 20.9. The van der Waals surface area contributed by atoms with Gasteiger partial charge < -0.3 is 14.2 Å². The highest BCUT2D eigenvalue weighted by molar-refractivity contribution is 6.30. The van der Waals surface area contributed by atoms with Crippen LogP contribution in [0.3, 0.4) is 0 Å². The van der Waals surface area contributed by atoms with E-state index >= 15 is 0 Å². The molecule has 29 heavy (non-hydrogen) atoms. The molecular formula is C22H24ClN3O3. The van der Waals surface area contributed by atoms with Crippen LogP contribution in [0.25, 0.3) is 11.4 Å². The number of hydrogen-bond donors (Lipinski definition) is 0. The van der Waals surface area contributed by atoms with E-state index in [9.17, 15) is 4.79 Å². The third-order valence-electron chi connectivity index (χ3n) is 4.57. The van der Waals surface area contributed by atoms with Crippen LogP contribution in [0, 0.1) is 13.8 Å². The van der Waals surface area contributed by atoms with Gasteiger partial charge in [0.25, 0.3) is 5.91 Å². The molecule has 0 saturated heterocycles. The molecule has 0 aliphatic carbocycles. The summed E-state index contributed by atoms with van der Waals surface area (Å²) in [7, 11) is 1.70. The summed E-state index contributed by atoms with van der Waals surface area (Å²) in [5.41, 5.74) is 2.95. The van der Waals surface area contributed by atoms with Crippen LogP contribution >= 0.6 is 11.6 Å². The zero-order valence-corrected chi connectivity index (χ0v) is 17.7. The minimum atomic E-state index is -0.583. The minimum Gasteiger partial charge on any atom is -0.480 e. The van der Waals surface area contributed by atoms with Crippen molar-refractivity contribution in [2.24, 2.45) is 0 Å². The van der Waals surface area contributed by atoms with Crippen LogP contribution < -0.4 is 4.74 Å². The lowest BCUT2D eigenvalue weighted by Crippen LogP contribution is -2.39. The molecule has 2 aromatic carbocycles. The maximum Gasteiger partial charge on any atom is 0.263 e. The Morgan fingerprint density at radius 2 is 1.93 bits per heavy atom. The Hall–Kier alpha value is -2.86. The second-order valence-corrected chi connectivity index (χ2v) is 7.43. The van der Waals surface area contributed by atoms with Crippen molar-refractivity contribution in [3.63, 3.8) is 0 Å². The number of likely N-dealkylation sites (N-methyl/N-ethyl adjacent to an activating group) is 1. The average molecular weight is 414 g/mol. The number of amides is 1. The third kappa shape index (κ3) is 5.15. The maximum atomic E-state index is 12.9. The second kappa shape index (κ2) is 9.09. The summed E-state index contributed by atoms with van der Waals surface area (Å²) in [6, 6.07) is 13.1. The Labute approximate surface area is 175 Å². The SMILES string of the molecule is CC[C@@H](Oc1ccc(C)cc1C)C(=O)N(C)Cc1nc(-c2ccc(Cl)cc2)no1. The molecule has 1 heterocycles. The number of aryl methyl sites for hydroxylation is 2. The van der Waals surface area contributed by atoms with E-state index in [0.717, 1.165) is 16.7 Å². The number of ether oxygens (including phenoxy) is 1. The van der Waals surface area contributed by atoms with E-state index in [1.165, 1.54) is 4.90 Å². The first-order valence-electron chi connectivity index (χ1n) is 9.44. The topological polar surface area (TPSA) is 68.5 Å². The molecule has 1 atom stereocenters. The summed E-state index contributed by atoms with van der Waals surface area (Å²) in [6.45, 7) is 6.12. The molecule has 0 aliphatic heterocycles. The lowest BCUT2D eigenvalue weighted by Gasteiger charge is -2.23. The summed E-state index contributed by atoms with van der Waals surface area (Å²) in [5.74, 6) is 1.38. The fourth-order valence-electron chi connectivity index (χ4n) is 2.96. The minimum absolute atomic E-state index is 0.140. The van der Waals surface area contributed by atoms with Crippen LogP contribution in [0.5, 0.6) is 5.75 Å². The highest BCUT2D eigenvalue weighted by atomic mass is 35.5. The largest absolute Gasteiger partial charge is 0.480 e. The van der Waals surface area contributed by atoms with E-state index in [0.29, 0.717) is 28.9 Å². The van der Waals surface area contributed by atoms with Gasteiger partial charge in [0, 0.05) is 17.6 Å². The number of hydrogen-bond acceptors (Lipinski definition) is 5. The fraction of sp³-hybridized carbons (Fsp3) is 0.318. The molecule has 1 amide bonds. The average Bonchev–Trinajstić information content (AvgIpc) is 3.16. The molecule has 0 unspecified atom stereocenters. The fourth-order valence-corrected chi connectivity index (χ4v) is 3.08. The zero-order chi connectivity index (χ0) is 21.0. The number of nitrogens with zero attached hydrogens (tertiary/aromatic N) is 3. The molecule has 0 fully saturated rings. The van der Waals surface area contributed by atoms with Crippen molar-refractivity contribution in [2.75, 3.05) is 7.05 Å². The van der Waals surface area contributed by atoms with Crippen LogP contribution in [-0.4, -0.2) is 34.1 Å². The van der Waals surface area contributed by atoms with E-state index < -0.39 is 6.10 Å². The Balaban J connectivity index is 1.66. The molecule has 7 heteroatoms. The molecule has 1 aromatic heterocycles. The predicted molar refractivity (Wildman–Crippen MR) is 112 cm³/mol. The highest BCUT2D eigenvalue weighted by Gasteiger charge is 2.24. The van der Waals surface area contributed by atoms with Crippen LogP contribution in [0.15, 0.2) is 47.0 Å². The van der Waals surface area contributed by atoms with Crippen molar-refractivity contribution in [1.82, 2.24) is 15.0 Å². The number of halogens is 1. The van der Waals surface area contributed by atoms with E-state index in [1.807, 2.05) is 51.1 Å². The molecule has 6 nitrogen and oxygen atoms in total. The van der Waals surface area contributed by atoms with Gasteiger partial charge in [0.1, 0.15) is 5.75 Å². The van der Waals surface area contributed by atoms with Gasteiger partial charge in [-0.05, 0) is 56.2 Å². The smallest absolute Gasteiger partial charge is 0.263 e. The van der Waals surface area contributed by atoms with Crippen LogP contribution in [0.1, 0.15) is 30.4 Å². The molecule has 3 rings (SSSR count). The third-order valence-corrected chi connectivity index (χ3v) is 4.82. The molecule has 0 saturated carbocycles. The van der Waals surface area contributed by atoms with Crippen molar-refractivity contribution in [3.05, 3.63) is 64.5 Å². The molecule has 0 radical (unpaired) electrons. The van der Waals surface area contributed by atoms with E-state index in [2.05, 4.69) is 10.1 Å². The Morgan fingerprint density at radius 3 is 2.59 bits per heavy atom. The van der Waals surface area contributed by atoms with Gasteiger partial charge in [-0.25, -0.2) is 0 Å². The monoisotopic (exact) mass is 413 g/mol. The summed E-state index contributed by atoms with van der Waals surface area (Å²) in [5, 5.41) is 4.62. The van der Waals surface area contributed by atoms with Gasteiger partial charge in [-0.15, -0.1) is 0 Å². The normalized spacial score (nSPS) is 11.9. The summed E-state index contributed by atoms with van der Waals surface area (Å²) >= 11 is 5.91. The lowest BCUT2D eigenvalue weighted by molar-refractivity contribution is -0.138. The lowest BCUT2D eigenvalue weighted by atomic mass is 10.1. The van der Waals surface area contributed by atoms with Crippen molar-refractivity contribution in [3.8, 4) is 17.1 Å². The number of carbonyl (C=O) groups is 1. The first-order valence-corrected chi connectivity index (χ1v) is 9.82. The number of rotatable bonds is 7. The maximum absolute atomic E-state index is 12.9. The summed E-state index contributed by atoms with van der Waals surface area (Å²) in [6.07, 6.45) is -0.0313. The van der Waals surface area contributed by atoms with Gasteiger partial charge in [-0.1, -0.05) is 41.4 Å². The Kier molecular flexibility index (Phi) is 6.54. The van der Waals surface area contributed by atoms with Gasteiger partial charge in [-0.2, -0.15) is 4.98 Å². The van der Waals surface area contributed by atoms with Gasteiger partial charge in [-0.3, -0.25) is 4.79 Å². The Bertz CT molecular complexity index is 985. The molecule has 0 aliphatic rings. The van der Waals surface area contributed by atoms with Crippen LogP contribution in [0.4, 0.5) is 0 Å². The first-order chi connectivity index (χ1) is 13.9. The van der Waals surface area contributed by atoms with Crippen LogP contribution in [0.2, 0.25) is 5.02 Å². The molecule has 0 bridgehead atoms. The molecular weight excluding hydrogens is 390 g/mol. The second-order valence-electron chi connectivity index (χ2n) is 7.00. The number of benzene rings is 2. The van der Waals surface area contributed by atoms with Crippen molar-refractivity contribution in [1.29, 1.82) is 0 Å². The molecule has 3 aromatic rings. The predicted octanol–water partition coefficient (Wildman–Crippen LogP) is 4.82. The zero-order valence-electron chi connectivity index (χ0n) is 17.0. The Morgan fingerprint density at radius 1 is 1.21 bits per heavy atom. The summed E-state index contributed by atoms with van der Waals surface area (Å²) < 4.78 is 11.3. The van der Waals surface area contributed by atoms with E-state index in [1.54, 1.807) is 19.2 Å². The van der Waals surface area contributed by atoms with E-state index in [4.69, 9.17) is 20.9 Å². The molecule has 0 spiro atoms. The van der Waals surface area contributed by atoms with Crippen molar-refractivity contribution < 1.29 is 14.1 Å². The quantitative estimate of drug-likeness (QED) is 0.555. The van der Waals surface area contributed by atoms with E-state index in [-0.39, 0.29) is 12.5 Å². The van der Waals surface area contributed by atoms with Gasteiger partial charge in [0.15, 0.2) is 6.10 Å². The highest BCUT2D eigenvalue weighted by Crippen LogP contribution is 2.22.